The molecule has 1 atom stereocenters. The Labute approximate surface area is 95.3 Å². The van der Waals surface area contributed by atoms with E-state index in [-0.39, 0.29) is 5.91 Å². The maximum atomic E-state index is 11.2. The number of urea groups is 1. The normalized spacial score (nSPS) is 21.7. The number of primary amides is 1. The third-order valence-electron chi connectivity index (χ3n) is 2.85. The van der Waals surface area contributed by atoms with Crippen LogP contribution in [0.3, 0.4) is 0 Å². The molecule has 5 N–H and O–H groups in total. The number of hydrogen-bond acceptors (Lipinski definition) is 4. The Hall–Kier alpha value is -1.14. The van der Waals surface area contributed by atoms with E-state index in [0.29, 0.717) is 25.4 Å². The molecule has 3 amide bonds. The van der Waals surface area contributed by atoms with Crippen LogP contribution in [0.4, 0.5) is 4.79 Å². The summed E-state index contributed by atoms with van der Waals surface area (Å²) < 4.78 is 0. The fourth-order valence-electron chi connectivity index (χ4n) is 2.01. The summed E-state index contributed by atoms with van der Waals surface area (Å²) in [5.41, 5.74) is 10.5. The molecule has 1 heterocycles. The molecule has 0 aliphatic carbocycles. The summed E-state index contributed by atoms with van der Waals surface area (Å²) >= 11 is 0. The smallest absolute Gasteiger partial charge is 0.318 e. The van der Waals surface area contributed by atoms with Crippen LogP contribution in [0, 0.1) is 5.92 Å². The zero-order valence-corrected chi connectivity index (χ0v) is 9.45. The number of piperidine rings is 1. The van der Waals surface area contributed by atoms with Gasteiger partial charge in [0.2, 0.25) is 5.91 Å². The van der Waals surface area contributed by atoms with Gasteiger partial charge in [-0.2, -0.15) is 0 Å². The predicted molar refractivity (Wildman–Crippen MR) is 60.6 cm³/mol. The van der Waals surface area contributed by atoms with Gasteiger partial charge in [0.05, 0.1) is 0 Å². The summed E-state index contributed by atoms with van der Waals surface area (Å²) in [4.78, 5) is 23.8. The van der Waals surface area contributed by atoms with E-state index in [9.17, 15) is 9.59 Å². The van der Waals surface area contributed by atoms with Crippen molar-refractivity contribution in [1.29, 1.82) is 0 Å². The Morgan fingerprint density at radius 2 is 2.19 bits per heavy atom. The van der Waals surface area contributed by atoms with Gasteiger partial charge in [0.15, 0.2) is 0 Å². The molecule has 1 aliphatic rings. The van der Waals surface area contributed by atoms with E-state index in [1.165, 1.54) is 6.42 Å². The highest BCUT2D eigenvalue weighted by molar-refractivity contribution is 5.93. The van der Waals surface area contributed by atoms with Crippen LogP contribution < -0.4 is 16.8 Å². The Morgan fingerprint density at radius 3 is 2.81 bits per heavy atom. The number of rotatable bonds is 4. The van der Waals surface area contributed by atoms with Crippen molar-refractivity contribution in [3.8, 4) is 0 Å². The van der Waals surface area contributed by atoms with Crippen LogP contribution >= 0.6 is 0 Å². The second kappa shape index (κ2) is 6.44. The van der Waals surface area contributed by atoms with Crippen molar-refractivity contribution < 1.29 is 9.59 Å². The average molecular weight is 228 g/mol. The lowest BCUT2D eigenvalue weighted by atomic mass is 9.98. The highest BCUT2D eigenvalue weighted by Gasteiger charge is 2.19. The van der Waals surface area contributed by atoms with E-state index in [4.69, 9.17) is 11.5 Å². The maximum absolute atomic E-state index is 11.2. The van der Waals surface area contributed by atoms with Gasteiger partial charge >= 0.3 is 6.03 Å². The summed E-state index contributed by atoms with van der Waals surface area (Å²) in [6, 6.07) is -0.788. The van der Waals surface area contributed by atoms with E-state index in [1.807, 2.05) is 0 Å². The quantitative estimate of drug-likeness (QED) is 0.588. The van der Waals surface area contributed by atoms with Gasteiger partial charge in [0.25, 0.3) is 0 Å². The average Bonchev–Trinajstić information content (AvgIpc) is 2.26. The molecule has 0 radical (unpaired) electrons. The summed E-state index contributed by atoms with van der Waals surface area (Å²) in [6.07, 6.45) is 2.60. The summed E-state index contributed by atoms with van der Waals surface area (Å²) in [5, 5.41) is 2.06. The lowest BCUT2D eigenvalue weighted by Gasteiger charge is -2.31. The number of hydrogen-bond donors (Lipinski definition) is 3. The van der Waals surface area contributed by atoms with Gasteiger partial charge in [0.1, 0.15) is 0 Å². The van der Waals surface area contributed by atoms with Gasteiger partial charge in [-0.25, -0.2) is 4.79 Å². The van der Waals surface area contributed by atoms with Gasteiger partial charge in [-0.3, -0.25) is 10.1 Å². The molecular formula is C10H20N4O2. The molecule has 0 spiro atoms. The van der Waals surface area contributed by atoms with Crippen molar-refractivity contribution >= 4 is 11.9 Å². The minimum absolute atomic E-state index is 0.306. The van der Waals surface area contributed by atoms with Crippen LogP contribution in [0.25, 0.3) is 0 Å². The molecule has 92 valence electrons. The van der Waals surface area contributed by atoms with Crippen LogP contribution in [0.1, 0.15) is 19.3 Å². The monoisotopic (exact) mass is 228 g/mol. The number of nitrogens with one attached hydrogen (secondary N) is 1. The van der Waals surface area contributed by atoms with Crippen molar-refractivity contribution in [3.63, 3.8) is 0 Å². The van der Waals surface area contributed by atoms with Gasteiger partial charge < -0.3 is 16.4 Å². The maximum Gasteiger partial charge on any atom is 0.318 e. The second-order valence-corrected chi connectivity index (χ2v) is 4.21. The molecule has 1 fully saturated rings. The lowest BCUT2D eigenvalue weighted by molar-refractivity contribution is -0.120. The first-order chi connectivity index (χ1) is 7.61. The molecule has 0 aromatic rings. The van der Waals surface area contributed by atoms with E-state index in [1.54, 1.807) is 0 Å². The number of amides is 3. The van der Waals surface area contributed by atoms with Crippen LogP contribution in [-0.2, 0) is 4.79 Å². The number of nitrogens with two attached hydrogens (primary N) is 2. The van der Waals surface area contributed by atoms with Crippen molar-refractivity contribution in [2.24, 2.45) is 17.4 Å². The molecule has 16 heavy (non-hydrogen) atoms. The largest absolute Gasteiger partial charge is 0.351 e. The van der Waals surface area contributed by atoms with E-state index < -0.39 is 6.03 Å². The summed E-state index contributed by atoms with van der Waals surface area (Å²) in [7, 11) is 0. The van der Waals surface area contributed by atoms with Crippen LogP contribution in [-0.4, -0.2) is 43.0 Å². The molecule has 0 aromatic heterocycles. The standard InChI is InChI=1S/C10H20N4O2/c11-6-8-2-1-4-14(7-8)5-3-9(15)13-10(12)16/h8H,1-7,11H2,(H3,12,13,15,16). The molecule has 0 bridgehead atoms. The van der Waals surface area contributed by atoms with Gasteiger partial charge in [-0.1, -0.05) is 0 Å². The highest BCUT2D eigenvalue weighted by Crippen LogP contribution is 2.14. The minimum Gasteiger partial charge on any atom is -0.351 e. The van der Waals surface area contributed by atoms with Crippen LogP contribution in [0.15, 0.2) is 0 Å². The lowest BCUT2D eigenvalue weighted by Crippen LogP contribution is -2.41. The summed E-state index contributed by atoms with van der Waals surface area (Å²) in [6.45, 7) is 3.31. The van der Waals surface area contributed by atoms with Crippen LogP contribution in [0.2, 0.25) is 0 Å². The molecule has 1 unspecified atom stereocenters. The number of nitrogens with zero attached hydrogens (tertiary/aromatic N) is 1. The van der Waals surface area contributed by atoms with Crippen molar-refractivity contribution in [2.45, 2.75) is 19.3 Å². The molecule has 6 nitrogen and oxygen atoms in total. The van der Waals surface area contributed by atoms with Gasteiger partial charge in [-0.05, 0) is 31.8 Å². The van der Waals surface area contributed by atoms with Crippen molar-refractivity contribution in [2.75, 3.05) is 26.2 Å². The zero-order chi connectivity index (χ0) is 12.0. The SMILES string of the molecule is NCC1CCCN(CCC(=O)NC(N)=O)C1. The van der Waals surface area contributed by atoms with E-state index in [0.717, 1.165) is 19.5 Å². The fraction of sp³-hybridized carbons (Fsp3) is 0.800. The van der Waals surface area contributed by atoms with E-state index >= 15 is 0 Å². The first-order valence-corrected chi connectivity index (χ1v) is 5.63. The topological polar surface area (TPSA) is 101 Å². The fourth-order valence-corrected chi connectivity index (χ4v) is 2.01. The molecule has 6 heteroatoms. The summed E-state index contributed by atoms with van der Waals surface area (Å²) in [5.74, 6) is 0.218. The first kappa shape index (κ1) is 12.9. The number of carbonyl (C=O) groups is 2. The molecule has 0 saturated carbocycles. The van der Waals surface area contributed by atoms with Crippen molar-refractivity contribution in [3.05, 3.63) is 0 Å². The van der Waals surface area contributed by atoms with Gasteiger partial charge in [0, 0.05) is 19.5 Å². The van der Waals surface area contributed by atoms with Crippen molar-refractivity contribution in [1.82, 2.24) is 10.2 Å². The molecule has 0 aromatic carbocycles. The van der Waals surface area contributed by atoms with E-state index in [2.05, 4.69) is 10.2 Å². The first-order valence-electron chi connectivity index (χ1n) is 5.63. The number of imide groups is 1. The molecule has 1 rings (SSSR count). The second-order valence-electron chi connectivity index (χ2n) is 4.21. The Kier molecular flexibility index (Phi) is 5.21. The minimum atomic E-state index is -0.788. The third-order valence-corrected chi connectivity index (χ3v) is 2.85. The number of likely N-dealkylation sites (tertiary alicyclic amines) is 1. The zero-order valence-electron chi connectivity index (χ0n) is 9.45. The highest BCUT2D eigenvalue weighted by atomic mass is 16.2. The predicted octanol–water partition coefficient (Wildman–Crippen LogP) is -0.758. The molecular weight excluding hydrogens is 208 g/mol. The molecule has 1 aliphatic heterocycles. The molecule has 1 saturated heterocycles. The Balaban J connectivity index is 2.21. The third kappa shape index (κ3) is 4.59. The van der Waals surface area contributed by atoms with Crippen LogP contribution in [0.5, 0.6) is 0 Å². The van der Waals surface area contributed by atoms with Gasteiger partial charge in [-0.15, -0.1) is 0 Å². The Morgan fingerprint density at radius 1 is 1.44 bits per heavy atom. The Bertz CT molecular complexity index is 257. The number of carbonyl (C=O) groups excluding carboxylic acids is 2.